The smallest absolute Gasteiger partial charge is 0.410 e. The summed E-state index contributed by atoms with van der Waals surface area (Å²) in [5.41, 5.74) is 0. The second-order valence-electron chi connectivity index (χ2n) is 7.44. The van der Waals surface area contributed by atoms with Crippen LogP contribution < -0.4 is 5.32 Å². The predicted molar refractivity (Wildman–Crippen MR) is 108 cm³/mol. The summed E-state index contributed by atoms with van der Waals surface area (Å²) in [4.78, 5) is 40.3. The summed E-state index contributed by atoms with van der Waals surface area (Å²) in [5.74, 6) is 0.119. The molecule has 1 N–H and O–H groups in total. The van der Waals surface area contributed by atoms with Crippen LogP contribution in [0.2, 0.25) is 0 Å². The quantitative estimate of drug-likeness (QED) is 0.644. The van der Waals surface area contributed by atoms with Crippen LogP contribution in [-0.4, -0.2) is 97.7 Å². The van der Waals surface area contributed by atoms with Gasteiger partial charge in [-0.2, -0.15) is 0 Å². The normalized spacial score (nSPS) is 24.3. The van der Waals surface area contributed by atoms with Crippen molar-refractivity contribution in [3.05, 3.63) is 30.3 Å². The molecule has 0 radical (unpaired) electrons. The van der Waals surface area contributed by atoms with Gasteiger partial charge in [-0.15, -0.1) is 11.8 Å². The zero-order chi connectivity index (χ0) is 20.9. The molecule has 162 valence electrons. The molecule has 1 aromatic rings. The number of hydrogen-bond acceptors (Lipinski definition) is 7. The van der Waals surface area contributed by atoms with Crippen LogP contribution in [0.3, 0.4) is 0 Å². The molecule has 2 atom stereocenters. The molecule has 3 amide bonds. The van der Waals surface area contributed by atoms with Crippen LogP contribution in [0.25, 0.3) is 0 Å². The molecule has 0 spiro atoms. The third-order valence-corrected chi connectivity index (χ3v) is 6.25. The fraction of sp³-hybridized carbons (Fsp3) is 0.550. The summed E-state index contributed by atoms with van der Waals surface area (Å²) in [7, 11) is 0. The second-order valence-corrected chi connectivity index (χ2v) is 8.49. The lowest BCUT2D eigenvalue weighted by atomic mass is 10.3. The Morgan fingerprint density at radius 1 is 1.10 bits per heavy atom. The van der Waals surface area contributed by atoms with Crippen molar-refractivity contribution in [2.45, 2.75) is 23.1 Å². The molecule has 10 heteroatoms. The number of carbonyl (C=O) groups is 3. The first-order valence-electron chi connectivity index (χ1n) is 9.98. The van der Waals surface area contributed by atoms with Crippen molar-refractivity contribution >= 4 is 29.7 Å². The Balaban J connectivity index is 1.20. The van der Waals surface area contributed by atoms with Crippen LogP contribution in [-0.2, 0) is 23.8 Å². The zero-order valence-corrected chi connectivity index (χ0v) is 17.3. The molecule has 3 heterocycles. The number of cyclic esters (lactones) is 1. The number of hydrogen-bond donors (Lipinski definition) is 1. The van der Waals surface area contributed by atoms with Gasteiger partial charge in [0.05, 0.1) is 31.6 Å². The van der Waals surface area contributed by atoms with Crippen LogP contribution >= 0.6 is 11.8 Å². The molecular formula is C20H25N3O6S. The topological polar surface area (TPSA) is 97.4 Å². The summed E-state index contributed by atoms with van der Waals surface area (Å²) >= 11 is 1.48. The molecule has 0 saturated carbocycles. The standard InChI is InChI=1S/C20H25N3O6S/c24-18(13-30-15-4-2-1-3-5-15)21-14-11-28-16-8-23(9-17(16)29-12-14)19(25)10-22-6-7-27-20(22)26/h1-5,14,16-17H,6-13H2,(H,21,24)/t16-,17-/m0/s1. The lowest BCUT2D eigenvalue weighted by molar-refractivity contribution is -0.131. The summed E-state index contributed by atoms with van der Waals surface area (Å²) in [6.07, 6.45) is -0.923. The van der Waals surface area contributed by atoms with Crippen LogP contribution in [0, 0.1) is 0 Å². The Kier molecular flexibility index (Phi) is 6.76. The Morgan fingerprint density at radius 2 is 1.80 bits per heavy atom. The van der Waals surface area contributed by atoms with E-state index in [1.54, 1.807) is 4.90 Å². The maximum absolute atomic E-state index is 12.5. The first kappa shape index (κ1) is 21.0. The van der Waals surface area contributed by atoms with E-state index in [2.05, 4.69) is 5.32 Å². The zero-order valence-electron chi connectivity index (χ0n) is 16.5. The molecule has 3 saturated heterocycles. The molecule has 3 fully saturated rings. The summed E-state index contributed by atoms with van der Waals surface area (Å²) in [6, 6.07) is 9.54. The fourth-order valence-electron chi connectivity index (χ4n) is 3.65. The first-order valence-corrected chi connectivity index (χ1v) is 11.0. The largest absolute Gasteiger partial charge is 0.448 e. The van der Waals surface area contributed by atoms with Crippen LogP contribution in [0.5, 0.6) is 0 Å². The van der Waals surface area contributed by atoms with E-state index in [9.17, 15) is 14.4 Å². The van der Waals surface area contributed by atoms with Gasteiger partial charge in [-0.25, -0.2) is 4.79 Å². The Bertz CT molecular complexity index is 763. The van der Waals surface area contributed by atoms with Gasteiger partial charge in [-0.3, -0.25) is 14.5 Å². The fourth-order valence-corrected chi connectivity index (χ4v) is 4.38. The van der Waals surface area contributed by atoms with Crippen LogP contribution in [0.4, 0.5) is 4.79 Å². The molecule has 0 aliphatic carbocycles. The maximum atomic E-state index is 12.5. The highest BCUT2D eigenvalue weighted by molar-refractivity contribution is 8.00. The lowest BCUT2D eigenvalue weighted by Crippen LogP contribution is -2.43. The van der Waals surface area contributed by atoms with Gasteiger partial charge in [0.1, 0.15) is 25.4 Å². The van der Waals surface area contributed by atoms with E-state index in [1.165, 1.54) is 16.7 Å². The van der Waals surface area contributed by atoms with E-state index in [-0.39, 0.29) is 36.6 Å². The van der Waals surface area contributed by atoms with Crippen molar-refractivity contribution in [1.29, 1.82) is 0 Å². The second kappa shape index (κ2) is 9.67. The Hall–Kier alpha value is -2.30. The van der Waals surface area contributed by atoms with Gasteiger partial charge in [0, 0.05) is 18.0 Å². The van der Waals surface area contributed by atoms with E-state index in [0.29, 0.717) is 45.2 Å². The average Bonchev–Trinajstić information content (AvgIpc) is 3.30. The average molecular weight is 436 g/mol. The van der Waals surface area contributed by atoms with Crippen LogP contribution in [0.1, 0.15) is 0 Å². The lowest BCUT2D eigenvalue weighted by Gasteiger charge is -2.21. The van der Waals surface area contributed by atoms with Crippen LogP contribution in [0.15, 0.2) is 35.2 Å². The number of thioether (sulfide) groups is 1. The minimum absolute atomic E-state index is 0.00996. The van der Waals surface area contributed by atoms with E-state index in [4.69, 9.17) is 14.2 Å². The molecule has 9 nitrogen and oxygen atoms in total. The third-order valence-electron chi connectivity index (χ3n) is 5.24. The van der Waals surface area contributed by atoms with Gasteiger partial charge in [-0.1, -0.05) is 18.2 Å². The monoisotopic (exact) mass is 435 g/mol. The highest BCUT2D eigenvalue weighted by atomic mass is 32.2. The molecule has 0 bridgehead atoms. The predicted octanol–water partition coefficient (Wildman–Crippen LogP) is 0.342. The van der Waals surface area contributed by atoms with Gasteiger partial charge < -0.3 is 24.4 Å². The minimum atomic E-state index is -0.451. The minimum Gasteiger partial charge on any atom is -0.448 e. The number of nitrogens with one attached hydrogen (secondary N) is 1. The molecule has 0 aromatic heterocycles. The molecule has 4 rings (SSSR count). The highest BCUT2D eigenvalue weighted by Crippen LogP contribution is 2.21. The van der Waals surface area contributed by atoms with E-state index in [0.717, 1.165) is 4.90 Å². The SMILES string of the molecule is O=C(CSc1ccccc1)NC1CO[C@H]2CN(C(=O)CN3CCOC3=O)C[C@@H]2OC1. The van der Waals surface area contributed by atoms with E-state index >= 15 is 0 Å². The van der Waals surface area contributed by atoms with Crippen molar-refractivity contribution in [2.75, 3.05) is 51.8 Å². The van der Waals surface area contributed by atoms with Crippen molar-refractivity contribution in [2.24, 2.45) is 0 Å². The number of nitrogens with zero attached hydrogens (tertiary/aromatic N) is 2. The highest BCUT2D eigenvalue weighted by Gasteiger charge is 2.40. The van der Waals surface area contributed by atoms with Crippen molar-refractivity contribution in [1.82, 2.24) is 15.1 Å². The number of rotatable bonds is 6. The van der Waals surface area contributed by atoms with Crippen molar-refractivity contribution < 1.29 is 28.6 Å². The number of benzene rings is 1. The van der Waals surface area contributed by atoms with E-state index < -0.39 is 6.09 Å². The summed E-state index contributed by atoms with van der Waals surface area (Å²) in [6.45, 7) is 2.26. The Morgan fingerprint density at radius 3 is 2.43 bits per heavy atom. The number of amides is 3. The van der Waals surface area contributed by atoms with Gasteiger partial charge in [0.25, 0.3) is 0 Å². The van der Waals surface area contributed by atoms with Gasteiger partial charge in [-0.05, 0) is 12.1 Å². The summed E-state index contributed by atoms with van der Waals surface area (Å²) in [5, 5.41) is 2.96. The third kappa shape index (κ3) is 5.24. The van der Waals surface area contributed by atoms with Gasteiger partial charge in [0.2, 0.25) is 11.8 Å². The molecule has 3 aliphatic rings. The van der Waals surface area contributed by atoms with Crippen molar-refractivity contribution in [3.8, 4) is 0 Å². The van der Waals surface area contributed by atoms with E-state index in [1.807, 2.05) is 30.3 Å². The first-order chi connectivity index (χ1) is 14.6. The molecule has 3 aliphatic heterocycles. The number of fused-ring (bicyclic) bond motifs is 1. The number of ether oxygens (including phenoxy) is 3. The number of likely N-dealkylation sites (tertiary alicyclic amines) is 1. The molecule has 30 heavy (non-hydrogen) atoms. The van der Waals surface area contributed by atoms with Gasteiger partial charge in [0.15, 0.2) is 0 Å². The Labute approximate surface area is 179 Å². The van der Waals surface area contributed by atoms with Gasteiger partial charge >= 0.3 is 6.09 Å². The number of carbonyl (C=O) groups excluding carboxylic acids is 3. The maximum Gasteiger partial charge on any atom is 0.410 e. The molecule has 1 aromatic carbocycles. The molecular weight excluding hydrogens is 410 g/mol. The summed E-state index contributed by atoms with van der Waals surface area (Å²) < 4.78 is 16.7. The van der Waals surface area contributed by atoms with Crippen molar-refractivity contribution in [3.63, 3.8) is 0 Å². The molecule has 0 unspecified atom stereocenters.